The van der Waals surface area contributed by atoms with Crippen molar-refractivity contribution in [2.75, 3.05) is 13.6 Å². The highest BCUT2D eigenvalue weighted by atomic mass is 35.5. The SMILES string of the molecule is CNC(C)CNC(=O)c1ccccc1SCc1c(C)noc1C.Cl. The Morgan fingerprint density at radius 2 is 2.04 bits per heavy atom. The highest BCUT2D eigenvalue weighted by molar-refractivity contribution is 7.98. The van der Waals surface area contributed by atoms with Crippen LogP contribution in [0.3, 0.4) is 0 Å². The second-order valence-electron chi connectivity index (χ2n) is 5.49. The second kappa shape index (κ2) is 9.71. The number of nitrogens with zero attached hydrogens (tertiary/aromatic N) is 1. The van der Waals surface area contributed by atoms with Crippen LogP contribution in [0.2, 0.25) is 0 Å². The molecule has 0 spiro atoms. The highest BCUT2D eigenvalue weighted by Crippen LogP contribution is 2.28. The number of rotatable bonds is 7. The zero-order valence-corrected chi connectivity index (χ0v) is 16.0. The van der Waals surface area contributed by atoms with Crippen LogP contribution in [0.4, 0.5) is 0 Å². The number of carbonyl (C=O) groups excluding carboxylic acids is 1. The summed E-state index contributed by atoms with van der Waals surface area (Å²) < 4.78 is 5.19. The number of carbonyl (C=O) groups is 1. The first-order valence-electron chi connectivity index (χ1n) is 7.62. The van der Waals surface area contributed by atoms with Crippen molar-refractivity contribution in [1.82, 2.24) is 15.8 Å². The van der Waals surface area contributed by atoms with Gasteiger partial charge >= 0.3 is 0 Å². The van der Waals surface area contributed by atoms with Crippen LogP contribution in [0, 0.1) is 13.8 Å². The van der Waals surface area contributed by atoms with Crippen molar-refractivity contribution in [2.45, 2.75) is 37.5 Å². The van der Waals surface area contributed by atoms with E-state index in [9.17, 15) is 4.79 Å². The number of aromatic nitrogens is 1. The van der Waals surface area contributed by atoms with Crippen LogP contribution >= 0.6 is 24.2 Å². The molecule has 5 nitrogen and oxygen atoms in total. The molecule has 0 fully saturated rings. The van der Waals surface area contributed by atoms with Gasteiger partial charge in [-0.15, -0.1) is 24.2 Å². The Bertz CT molecular complexity index is 656. The van der Waals surface area contributed by atoms with Crippen LogP contribution in [-0.4, -0.2) is 30.7 Å². The second-order valence-corrected chi connectivity index (χ2v) is 6.50. The summed E-state index contributed by atoms with van der Waals surface area (Å²) >= 11 is 1.62. The summed E-state index contributed by atoms with van der Waals surface area (Å²) in [7, 11) is 1.88. The molecule has 2 rings (SSSR count). The van der Waals surface area contributed by atoms with E-state index in [1.54, 1.807) is 11.8 Å². The Balaban J connectivity index is 0.00000288. The molecule has 0 aliphatic carbocycles. The molecule has 1 aromatic carbocycles. The molecule has 0 bridgehead atoms. The first-order chi connectivity index (χ1) is 11.0. The summed E-state index contributed by atoms with van der Waals surface area (Å²) in [5, 5.41) is 10.0. The number of halogens is 1. The number of amides is 1. The van der Waals surface area contributed by atoms with Gasteiger partial charge in [0.15, 0.2) is 0 Å². The fourth-order valence-corrected chi connectivity index (χ4v) is 3.28. The smallest absolute Gasteiger partial charge is 0.252 e. The van der Waals surface area contributed by atoms with Gasteiger partial charge in [0, 0.05) is 28.8 Å². The van der Waals surface area contributed by atoms with E-state index >= 15 is 0 Å². The van der Waals surface area contributed by atoms with Gasteiger partial charge in [0.25, 0.3) is 5.91 Å². The number of hydrogen-bond donors (Lipinski definition) is 2. The van der Waals surface area contributed by atoms with E-state index in [0.29, 0.717) is 12.1 Å². The summed E-state index contributed by atoms with van der Waals surface area (Å²) in [6, 6.07) is 7.90. The largest absolute Gasteiger partial charge is 0.361 e. The van der Waals surface area contributed by atoms with Gasteiger partial charge < -0.3 is 15.2 Å². The lowest BCUT2D eigenvalue weighted by Gasteiger charge is -2.13. The monoisotopic (exact) mass is 369 g/mol. The number of aryl methyl sites for hydroxylation is 2. The van der Waals surface area contributed by atoms with E-state index in [4.69, 9.17) is 4.52 Å². The van der Waals surface area contributed by atoms with Crippen molar-refractivity contribution in [3.8, 4) is 0 Å². The summed E-state index contributed by atoms with van der Waals surface area (Å²) in [4.78, 5) is 13.4. The van der Waals surface area contributed by atoms with Crippen molar-refractivity contribution in [2.24, 2.45) is 0 Å². The molecular formula is C17H24ClN3O2S. The van der Waals surface area contributed by atoms with E-state index < -0.39 is 0 Å². The van der Waals surface area contributed by atoms with E-state index in [-0.39, 0.29) is 24.4 Å². The lowest BCUT2D eigenvalue weighted by Crippen LogP contribution is -2.37. The average molecular weight is 370 g/mol. The third-order valence-electron chi connectivity index (χ3n) is 3.75. The average Bonchev–Trinajstić information content (AvgIpc) is 2.89. The first kappa shape index (κ1) is 20.5. The van der Waals surface area contributed by atoms with Gasteiger partial charge in [0.2, 0.25) is 0 Å². The van der Waals surface area contributed by atoms with E-state index in [1.807, 2.05) is 52.1 Å². The van der Waals surface area contributed by atoms with Crippen LogP contribution < -0.4 is 10.6 Å². The Morgan fingerprint density at radius 3 is 2.67 bits per heavy atom. The molecule has 1 unspecified atom stereocenters. The van der Waals surface area contributed by atoms with E-state index in [1.165, 1.54) is 0 Å². The standard InChI is InChI=1S/C17H23N3O2S.ClH/c1-11(18-4)9-19-17(21)14-7-5-6-8-16(14)23-10-15-12(2)20-22-13(15)3;/h5-8,11,18H,9-10H2,1-4H3,(H,19,21);1H. The van der Waals surface area contributed by atoms with Gasteiger partial charge in [-0.2, -0.15) is 0 Å². The maximum Gasteiger partial charge on any atom is 0.252 e. The molecule has 1 amide bonds. The van der Waals surface area contributed by atoms with Crippen molar-refractivity contribution in [3.63, 3.8) is 0 Å². The zero-order chi connectivity index (χ0) is 16.8. The van der Waals surface area contributed by atoms with Crippen LogP contribution in [0.15, 0.2) is 33.7 Å². The molecule has 132 valence electrons. The van der Waals surface area contributed by atoms with Gasteiger partial charge in [0.1, 0.15) is 5.76 Å². The van der Waals surface area contributed by atoms with Crippen molar-refractivity contribution in [1.29, 1.82) is 0 Å². The third-order valence-corrected chi connectivity index (χ3v) is 4.85. The number of likely N-dealkylation sites (N-methyl/N-ethyl adjacent to an activating group) is 1. The highest BCUT2D eigenvalue weighted by Gasteiger charge is 2.14. The maximum atomic E-state index is 12.4. The summed E-state index contributed by atoms with van der Waals surface area (Å²) in [5.41, 5.74) is 2.70. The van der Waals surface area contributed by atoms with Crippen molar-refractivity contribution in [3.05, 3.63) is 46.8 Å². The molecule has 1 heterocycles. The van der Waals surface area contributed by atoms with Gasteiger partial charge in [-0.3, -0.25) is 4.79 Å². The van der Waals surface area contributed by atoms with Crippen LogP contribution in [0.1, 0.15) is 34.3 Å². The Kier molecular flexibility index (Phi) is 8.31. The van der Waals surface area contributed by atoms with Crippen molar-refractivity contribution >= 4 is 30.1 Å². The minimum absolute atomic E-state index is 0. The fourth-order valence-electron chi connectivity index (χ4n) is 2.08. The van der Waals surface area contributed by atoms with Crippen LogP contribution in [0.25, 0.3) is 0 Å². The quantitative estimate of drug-likeness (QED) is 0.732. The van der Waals surface area contributed by atoms with Crippen LogP contribution in [-0.2, 0) is 5.75 Å². The number of benzene rings is 1. The lowest BCUT2D eigenvalue weighted by molar-refractivity contribution is 0.0947. The molecule has 0 saturated carbocycles. The Morgan fingerprint density at radius 1 is 1.33 bits per heavy atom. The minimum Gasteiger partial charge on any atom is -0.361 e. The molecular weight excluding hydrogens is 346 g/mol. The fraction of sp³-hybridized carbons (Fsp3) is 0.412. The zero-order valence-electron chi connectivity index (χ0n) is 14.4. The first-order valence-corrected chi connectivity index (χ1v) is 8.60. The minimum atomic E-state index is -0.0473. The Hall–Kier alpha value is -1.50. The topological polar surface area (TPSA) is 67.2 Å². The molecule has 7 heteroatoms. The predicted octanol–water partition coefficient (Wildman–Crippen LogP) is 3.34. The van der Waals surface area contributed by atoms with E-state index in [2.05, 4.69) is 15.8 Å². The predicted molar refractivity (Wildman–Crippen MR) is 100 cm³/mol. The molecule has 0 aliphatic rings. The molecule has 0 radical (unpaired) electrons. The van der Waals surface area contributed by atoms with Crippen LogP contribution in [0.5, 0.6) is 0 Å². The van der Waals surface area contributed by atoms with E-state index in [0.717, 1.165) is 27.7 Å². The summed E-state index contributed by atoms with van der Waals surface area (Å²) in [6.07, 6.45) is 0. The third kappa shape index (κ3) is 5.26. The number of hydrogen-bond acceptors (Lipinski definition) is 5. The Labute approximate surface area is 153 Å². The molecule has 24 heavy (non-hydrogen) atoms. The summed E-state index contributed by atoms with van der Waals surface area (Å²) in [6.45, 7) is 6.47. The summed E-state index contributed by atoms with van der Waals surface area (Å²) in [5.74, 6) is 1.52. The molecule has 1 aromatic heterocycles. The van der Waals surface area contributed by atoms with Gasteiger partial charge in [0.05, 0.1) is 11.3 Å². The molecule has 2 aromatic rings. The lowest BCUT2D eigenvalue weighted by atomic mass is 10.2. The maximum absolute atomic E-state index is 12.4. The molecule has 0 saturated heterocycles. The normalized spacial score (nSPS) is 11.7. The molecule has 1 atom stereocenters. The number of nitrogens with one attached hydrogen (secondary N) is 2. The van der Waals surface area contributed by atoms with Gasteiger partial charge in [-0.05, 0) is 40.0 Å². The molecule has 2 N–H and O–H groups in total. The number of thioether (sulfide) groups is 1. The van der Waals surface area contributed by atoms with Gasteiger partial charge in [-0.25, -0.2) is 0 Å². The van der Waals surface area contributed by atoms with Crippen molar-refractivity contribution < 1.29 is 9.32 Å². The van der Waals surface area contributed by atoms with Gasteiger partial charge in [-0.1, -0.05) is 17.3 Å². The molecule has 0 aliphatic heterocycles.